The first-order chi connectivity index (χ1) is 9.65. The molecule has 0 saturated heterocycles. The SMILES string of the molecule is S=c1[nH]c2cc3ccccc3cc2[nH]c1=S.[NH-]CCN.[Zn]. The zero-order valence-corrected chi connectivity index (χ0v) is 16.1. The van der Waals surface area contributed by atoms with E-state index in [1.807, 2.05) is 12.1 Å². The van der Waals surface area contributed by atoms with Gasteiger partial charge in [-0.25, -0.2) is 0 Å². The maximum atomic E-state index is 6.33. The third-order valence-corrected chi connectivity index (χ3v) is 3.47. The fraction of sp³-hybridized carbons (Fsp3) is 0.143. The summed E-state index contributed by atoms with van der Waals surface area (Å²) in [5.41, 5.74) is 13.1. The first-order valence-electron chi connectivity index (χ1n) is 6.15. The third-order valence-electron chi connectivity index (χ3n) is 2.73. The number of H-pyrrole nitrogens is 2. The van der Waals surface area contributed by atoms with Gasteiger partial charge in [0.15, 0.2) is 0 Å². The number of benzene rings is 2. The van der Waals surface area contributed by atoms with Crippen molar-refractivity contribution in [2.75, 3.05) is 13.1 Å². The van der Waals surface area contributed by atoms with Gasteiger partial charge >= 0.3 is 0 Å². The molecule has 4 nitrogen and oxygen atoms in total. The van der Waals surface area contributed by atoms with E-state index in [0.29, 0.717) is 22.4 Å². The van der Waals surface area contributed by atoms with Crippen LogP contribution in [0, 0.1) is 9.28 Å². The van der Waals surface area contributed by atoms with Crippen LogP contribution in [0.5, 0.6) is 0 Å². The van der Waals surface area contributed by atoms with Gasteiger partial charge in [-0.05, 0) is 29.4 Å². The van der Waals surface area contributed by atoms with Crippen molar-refractivity contribution in [1.82, 2.24) is 9.97 Å². The molecule has 1 heterocycles. The number of nitrogens with one attached hydrogen (secondary N) is 3. The molecule has 0 radical (unpaired) electrons. The summed E-state index contributed by atoms with van der Waals surface area (Å²) in [4.78, 5) is 6.26. The van der Waals surface area contributed by atoms with Crippen LogP contribution in [0.2, 0.25) is 0 Å². The molecule has 0 amide bonds. The summed E-state index contributed by atoms with van der Waals surface area (Å²) < 4.78 is 1.16. The Kier molecular flexibility index (Phi) is 7.28. The molecule has 2 aromatic carbocycles. The summed E-state index contributed by atoms with van der Waals surface area (Å²) >= 11 is 10.2. The first-order valence-corrected chi connectivity index (χ1v) is 6.97. The molecule has 5 N–H and O–H groups in total. The van der Waals surface area contributed by atoms with Crippen molar-refractivity contribution in [3.05, 3.63) is 51.4 Å². The summed E-state index contributed by atoms with van der Waals surface area (Å²) in [6.45, 7) is 0.833. The van der Waals surface area contributed by atoms with Gasteiger partial charge in [0.05, 0.1) is 11.0 Å². The molecule has 0 fully saturated rings. The number of hydrogen-bond acceptors (Lipinski definition) is 3. The van der Waals surface area contributed by atoms with Crippen molar-refractivity contribution < 1.29 is 19.5 Å². The van der Waals surface area contributed by atoms with Gasteiger partial charge in [-0.3, -0.25) is 0 Å². The van der Waals surface area contributed by atoms with Crippen LogP contribution in [-0.4, -0.2) is 23.1 Å². The Morgan fingerprint density at radius 3 is 1.67 bits per heavy atom. The minimum absolute atomic E-state index is 0. The minimum atomic E-state index is 0. The van der Waals surface area contributed by atoms with Gasteiger partial charge in [0.1, 0.15) is 9.28 Å². The number of rotatable bonds is 1. The van der Waals surface area contributed by atoms with E-state index in [1.54, 1.807) is 0 Å². The average Bonchev–Trinajstić information content (AvgIpc) is 2.47. The predicted molar refractivity (Wildman–Crippen MR) is 90.1 cm³/mol. The van der Waals surface area contributed by atoms with E-state index in [1.165, 1.54) is 10.8 Å². The predicted octanol–water partition coefficient (Wildman–Crippen LogP) is 4.10. The second-order valence-electron chi connectivity index (χ2n) is 4.19. The van der Waals surface area contributed by atoms with Crippen LogP contribution in [0.25, 0.3) is 27.5 Å². The maximum absolute atomic E-state index is 6.33. The van der Waals surface area contributed by atoms with Gasteiger partial charge in [0.25, 0.3) is 0 Å². The summed E-state index contributed by atoms with van der Waals surface area (Å²) in [6, 6.07) is 12.3. The minimum Gasteiger partial charge on any atom is -0.676 e. The van der Waals surface area contributed by atoms with Gasteiger partial charge < -0.3 is 21.4 Å². The molecule has 21 heavy (non-hydrogen) atoms. The molecule has 0 aliphatic carbocycles. The molecule has 0 unspecified atom stereocenters. The largest absolute Gasteiger partial charge is 0.676 e. The van der Waals surface area contributed by atoms with E-state index in [0.717, 1.165) is 11.0 Å². The summed E-state index contributed by atoms with van der Waals surface area (Å²) in [5, 5.41) is 2.37. The topological polar surface area (TPSA) is 81.4 Å². The van der Waals surface area contributed by atoms with Crippen molar-refractivity contribution in [3.63, 3.8) is 0 Å². The summed E-state index contributed by atoms with van der Waals surface area (Å²) in [5.74, 6) is 0. The average molecular weight is 369 g/mol. The standard InChI is InChI=1S/C12H8N2S2.C2H7N2.Zn/c15-11-12(16)14-10-6-8-4-2-1-3-7(8)5-9(10)13-11;3-1-2-4;/h1-6H,(H,13,15)(H,14,16);3H,1-2,4H2;/q;-1;. The van der Waals surface area contributed by atoms with Crippen LogP contribution in [0.3, 0.4) is 0 Å². The van der Waals surface area contributed by atoms with Crippen molar-refractivity contribution >= 4 is 46.2 Å². The van der Waals surface area contributed by atoms with Gasteiger partial charge in [-0.15, -0.1) is 6.54 Å². The van der Waals surface area contributed by atoms with Crippen LogP contribution in [0.15, 0.2) is 36.4 Å². The zero-order chi connectivity index (χ0) is 14.5. The molecule has 3 aromatic rings. The molecule has 0 spiro atoms. The second-order valence-corrected chi connectivity index (χ2v) is 5.01. The van der Waals surface area contributed by atoms with E-state index in [9.17, 15) is 0 Å². The van der Waals surface area contributed by atoms with Crippen LogP contribution >= 0.6 is 24.4 Å². The van der Waals surface area contributed by atoms with Gasteiger partial charge in [-0.1, -0.05) is 48.7 Å². The Morgan fingerprint density at radius 2 is 1.33 bits per heavy atom. The molecular formula is C14H15N4S2Zn-. The molecule has 0 atom stereocenters. The molecule has 3 rings (SSSR count). The van der Waals surface area contributed by atoms with E-state index < -0.39 is 0 Å². The number of hydrogen-bond donors (Lipinski definition) is 3. The zero-order valence-electron chi connectivity index (χ0n) is 11.5. The quantitative estimate of drug-likeness (QED) is 0.343. The van der Waals surface area contributed by atoms with E-state index in [4.69, 9.17) is 35.9 Å². The molecular weight excluding hydrogens is 354 g/mol. The normalized spacial score (nSPS) is 9.81. The fourth-order valence-electron chi connectivity index (χ4n) is 1.81. The number of fused-ring (bicyclic) bond motifs is 2. The molecule has 0 aliphatic heterocycles. The molecule has 7 heteroatoms. The monoisotopic (exact) mass is 367 g/mol. The molecule has 106 valence electrons. The van der Waals surface area contributed by atoms with Crippen LogP contribution in [-0.2, 0) is 19.5 Å². The number of aromatic nitrogens is 2. The first kappa shape index (κ1) is 18.1. The van der Waals surface area contributed by atoms with Gasteiger partial charge in [0, 0.05) is 19.5 Å². The fourth-order valence-corrected chi connectivity index (χ4v) is 2.13. The van der Waals surface area contributed by atoms with E-state index in [-0.39, 0.29) is 19.5 Å². The number of aromatic amines is 2. The van der Waals surface area contributed by atoms with Crippen LogP contribution in [0.4, 0.5) is 0 Å². The maximum Gasteiger partial charge on any atom is 0.138 e. The van der Waals surface area contributed by atoms with Gasteiger partial charge in [0.2, 0.25) is 0 Å². The van der Waals surface area contributed by atoms with Crippen molar-refractivity contribution in [2.24, 2.45) is 5.73 Å². The van der Waals surface area contributed by atoms with Crippen molar-refractivity contribution in [3.8, 4) is 0 Å². The van der Waals surface area contributed by atoms with Crippen LogP contribution in [0.1, 0.15) is 0 Å². The Hall–Kier alpha value is -0.977. The molecule has 0 bridgehead atoms. The molecule has 0 saturated carbocycles. The summed E-state index contributed by atoms with van der Waals surface area (Å²) in [7, 11) is 0. The smallest absolute Gasteiger partial charge is 0.138 e. The Balaban J connectivity index is 0.000000397. The van der Waals surface area contributed by atoms with Crippen molar-refractivity contribution in [2.45, 2.75) is 0 Å². The Labute approximate surface area is 145 Å². The third kappa shape index (κ3) is 4.49. The van der Waals surface area contributed by atoms with Crippen molar-refractivity contribution in [1.29, 1.82) is 0 Å². The van der Waals surface area contributed by atoms with Crippen LogP contribution < -0.4 is 5.73 Å². The molecule has 0 aliphatic rings. The van der Waals surface area contributed by atoms with E-state index >= 15 is 0 Å². The second kappa shape index (κ2) is 8.46. The Morgan fingerprint density at radius 1 is 0.952 bits per heavy atom. The Bertz CT molecular complexity index is 771. The van der Waals surface area contributed by atoms with E-state index in [2.05, 4.69) is 34.2 Å². The molecule has 1 aromatic heterocycles. The van der Waals surface area contributed by atoms with Gasteiger partial charge in [-0.2, -0.15) is 0 Å². The summed E-state index contributed by atoms with van der Waals surface area (Å²) in [6.07, 6.45) is 0. The number of nitrogens with two attached hydrogens (primary N) is 1.